The molecular weight excluding hydrogens is 238 g/mol. The highest BCUT2D eigenvalue weighted by Crippen LogP contribution is 2.27. The zero-order chi connectivity index (χ0) is 12.3. The van der Waals surface area contributed by atoms with Crippen molar-refractivity contribution in [2.24, 2.45) is 0 Å². The van der Waals surface area contributed by atoms with E-state index in [1.165, 1.54) is 12.1 Å². The molecule has 0 aliphatic rings. The Hall–Kier alpha value is -2.18. The predicted molar refractivity (Wildman–Crippen MR) is 64.3 cm³/mol. The van der Waals surface area contributed by atoms with Crippen LogP contribution >= 0.6 is 11.6 Å². The van der Waals surface area contributed by atoms with Crippen LogP contribution in [0.5, 0.6) is 17.2 Å². The molecule has 0 heterocycles. The van der Waals surface area contributed by atoms with Crippen LogP contribution in [0.3, 0.4) is 0 Å². The van der Waals surface area contributed by atoms with E-state index < -0.39 is 0 Å². The van der Waals surface area contributed by atoms with Crippen molar-refractivity contribution in [2.45, 2.75) is 0 Å². The van der Waals surface area contributed by atoms with Crippen LogP contribution in [-0.4, -0.2) is 5.11 Å². The van der Waals surface area contributed by atoms with Crippen molar-refractivity contribution in [1.82, 2.24) is 0 Å². The lowest BCUT2D eigenvalue weighted by Crippen LogP contribution is -1.85. The molecule has 2 rings (SSSR count). The summed E-state index contributed by atoms with van der Waals surface area (Å²) in [6.45, 7) is 0. The standard InChI is InChI=1S/C13H8ClNO2/c14-10-1-3-11(4-2-10)17-12-5-6-13(16)9(7-12)8-15/h1-7,16H. The van der Waals surface area contributed by atoms with Gasteiger partial charge in [-0.05, 0) is 36.4 Å². The third-order valence-electron chi connectivity index (χ3n) is 2.14. The summed E-state index contributed by atoms with van der Waals surface area (Å²) in [7, 11) is 0. The number of phenolic OH excluding ortho intramolecular Hbond substituents is 1. The second kappa shape index (κ2) is 4.77. The Morgan fingerprint density at radius 2 is 1.71 bits per heavy atom. The maximum atomic E-state index is 9.34. The fourth-order valence-electron chi connectivity index (χ4n) is 1.31. The summed E-state index contributed by atoms with van der Waals surface area (Å²) in [6.07, 6.45) is 0. The molecule has 84 valence electrons. The number of phenols is 1. The molecule has 0 aliphatic heterocycles. The number of hydrogen-bond donors (Lipinski definition) is 1. The van der Waals surface area contributed by atoms with Crippen LogP contribution < -0.4 is 4.74 Å². The quantitative estimate of drug-likeness (QED) is 0.878. The Bertz CT molecular complexity index is 573. The van der Waals surface area contributed by atoms with Gasteiger partial charge in [-0.1, -0.05) is 11.6 Å². The summed E-state index contributed by atoms with van der Waals surface area (Å²) < 4.78 is 5.51. The van der Waals surface area contributed by atoms with Gasteiger partial charge in [0.15, 0.2) is 0 Å². The first kappa shape index (κ1) is 11.3. The number of rotatable bonds is 2. The summed E-state index contributed by atoms with van der Waals surface area (Å²) in [5, 5.41) is 18.7. The molecule has 0 saturated heterocycles. The third kappa shape index (κ3) is 2.68. The van der Waals surface area contributed by atoms with Gasteiger partial charge in [-0.25, -0.2) is 0 Å². The number of ether oxygens (including phenoxy) is 1. The first-order valence-electron chi connectivity index (χ1n) is 4.85. The minimum absolute atomic E-state index is 0.0593. The number of benzene rings is 2. The van der Waals surface area contributed by atoms with Crippen LogP contribution in [0.2, 0.25) is 5.02 Å². The molecule has 3 nitrogen and oxygen atoms in total. The molecule has 0 fully saturated rings. The number of nitriles is 1. The van der Waals surface area contributed by atoms with Gasteiger partial charge in [0.05, 0.1) is 5.56 Å². The van der Waals surface area contributed by atoms with E-state index in [4.69, 9.17) is 21.6 Å². The van der Waals surface area contributed by atoms with Crippen LogP contribution in [0, 0.1) is 11.3 Å². The largest absolute Gasteiger partial charge is 0.507 e. The van der Waals surface area contributed by atoms with Gasteiger partial charge in [0.25, 0.3) is 0 Å². The fourth-order valence-corrected chi connectivity index (χ4v) is 1.43. The molecule has 1 N–H and O–H groups in total. The van der Waals surface area contributed by atoms with Crippen molar-refractivity contribution in [2.75, 3.05) is 0 Å². The number of hydrogen-bond acceptors (Lipinski definition) is 3. The molecular formula is C13H8ClNO2. The Balaban J connectivity index is 2.25. The summed E-state index contributed by atoms with van der Waals surface area (Å²) in [4.78, 5) is 0. The van der Waals surface area contributed by atoms with Gasteiger partial charge in [-0.15, -0.1) is 0 Å². The zero-order valence-electron chi connectivity index (χ0n) is 8.72. The number of nitrogens with zero attached hydrogens (tertiary/aromatic N) is 1. The third-order valence-corrected chi connectivity index (χ3v) is 2.39. The summed E-state index contributed by atoms with van der Waals surface area (Å²) in [5.74, 6) is 1.04. The second-order valence-corrected chi connectivity index (χ2v) is 3.78. The maximum absolute atomic E-state index is 9.34. The highest BCUT2D eigenvalue weighted by Gasteiger charge is 2.03. The van der Waals surface area contributed by atoms with Crippen molar-refractivity contribution >= 4 is 11.6 Å². The second-order valence-electron chi connectivity index (χ2n) is 3.35. The molecule has 0 amide bonds. The van der Waals surface area contributed by atoms with E-state index >= 15 is 0 Å². The molecule has 0 unspecified atom stereocenters. The van der Waals surface area contributed by atoms with Gasteiger partial charge in [-0.2, -0.15) is 5.26 Å². The van der Waals surface area contributed by atoms with Crippen LogP contribution in [0.4, 0.5) is 0 Å². The molecule has 4 heteroatoms. The van der Waals surface area contributed by atoms with Crippen molar-refractivity contribution < 1.29 is 9.84 Å². The van der Waals surface area contributed by atoms with Gasteiger partial charge < -0.3 is 9.84 Å². The minimum atomic E-state index is -0.0593. The Morgan fingerprint density at radius 3 is 2.35 bits per heavy atom. The summed E-state index contributed by atoms with van der Waals surface area (Å²) in [6, 6.07) is 13.2. The first-order chi connectivity index (χ1) is 8.19. The van der Waals surface area contributed by atoms with E-state index in [-0.39, 0.29) is 11.3 Å². The average molecular weight is 246 g/mol. The lowest BCUT2D eigenvalue weighted by atomic mass is 10.2. The van der Waals surface area contributed by atoms with Crippen molar-refractivity contribution in [3.05, 3.63) is 53.1 Å². The molecule has 0 spiro atoms. The molecule has 17 heavy (non-hydrogen) atoms. The number of aromatic hydroxyl groups is 1. The molecule has 0 aromatic heterocycles. The molecule has 0 saturated carbocycles. The maximum Gasteiger partial charge on any atom is 0.133 e. The van der Waals surface area contributed by atoms with Crippen LogP contribution in [0.1, 0.15) is 5.56 Å². The molecule has 2 aromatic carbocycles. The van der Waals surface area contributed by atoms with Crippen LogP contribution in [0.15, 0.2) is 42.5 Å². The van der Waals surface area contributed by atoms with E-state index in [1.54, 1.807) is 30.3 Å². The van der Waals surface area contributed by atoms with E-state index in [0.717, 1.165) is 0 Å². The smallest absolute Gasteiger partial charge is 0.133 e. The Kier molecular flexibility index (Phi) is 3.17. The van der Waals surface area contributed by atoms with Crippen molar-refractivity contribution in [3.63, 3.8) is 0 Å². The zero-order valence-corrected chi connectivity index (χ0v) is 9.48. The normalized spacial score (nSPS) is 9.65. The molecule has 0 aliphatic carbocycles. The van der Waals surface area contributed by atoms with E-state index in [2.05, 4.69) is 0 Å². The highest BCUT2D eigenvalue weighted by molar-refractivity contribution is 6.30. The predicted octanol–water partition coefficient (Wildman–Crippen LogP) is 3.71. The van der Waals surface area contributed by atoms with Gasteiger partial charge in [0.1, 0.15) is 23.3 Å². The highest BCUT2D eigenvalue weighted by atomic mass is 35.5. The SMILES string of the molecule is N#Cc1cc(Oc2ccc(Cl)cc2)ccc1O. The summed E-state index contributed by atoms with van der Waals surface area (Å²) in [5.41, 5.74) is 0.177. The number of halogens is 1. The molecule has 0 radical (unpaired) electrons. The van der Waals surface area contributed by atoms with Gasteiger partial charge in [-0.3, -0.25) is 0 Å². The summed E-state index contributed by atoms with van der Waals surface area (Å²) >= 11 is 5.75. The minimum Gasteiger partial charge on any atom is -0.507 e. The van der Waals surface area contributed by atoms with Crippen LogP contribution in [0.25, 0.3) is 0 Å². The molecule has 0 atom stereocenters. The molecule has 0 bridgehead atoms. The van der Waals surface area contributed by atoms with E-state index in [9.17, 15) is 5.11 Å². The monoisotopic (exact) mass is 245 g/mol. The lowest BCUT2D eigenvalue weighted by molar-refractivity contribution is 0.463. The first-order valence-corrected chi connectivity index (χ1v) is 5.23. The van der Waals surface area contributed by atoms with E-state index in [0.29, 0.717) is 16.5 Å². The lowest BCUT2D eigenvalue weighted by Gasteiger charge is -2.06. The van der Waals surface area contributed by atoms with Gasteiger partial charge in [0, 0.05) is 11.1 Å². The van der Waals surface area contributed by atoms with Crippen molar-refractivity contribution in [1.29, 1.82) is 5.26 Å². The average Bonchev–Trinajstić information content (AvgIpc) is 2.34. The topological polar surface area (TPSA) is 53.2 Å². The van der Waals surface area contributed by atoms with Crippen LogP contribution in [-0.2, 0) is 0 Å². The molecule has 2 aromatic rings. The van der Waals surface area contributed by atoms with Gasteiger partial charge in [0.2, 0.25) is 0 Å². The Morgan fingerprint density at radius 1 is 1.06 bits per heavy atom. The van der Waals surface area contributed by atoms with E-state index in [1.807, 2.05) is 6.07 Å². The van der Waals surface area contributed by atoms with Crippen molar-refractivity contribution in [3.8, 4) is 23.3 Å². The Labute approximate surface area is 103 Å². The van der Waals surface area contributed by atoms with Gasteiger partial charge >= 0.3 is 0 Å². The fraction of sp³-hybridized carbons (Fsp3) is 0.